The molecule has 2 aliphatic rings. The minimum absolute atomic E-state index is 0.116. The van der Waals surface area contributed by atoms with Gasteiger partial charge in [-0.25, -0.2) is 13.4 Å². The summed E-state index contributed by atoms with van der Waals surface area (Å²) in [5.41, 5.74) is 0. The van der Waals surface area contributed by atoms with Crippen molar-refractivity contribution >= 4 is 39.0 Å². The molecule has 3 heterocycles. The number of hydrogen-bond donors (Lipinski definition) is 2. The van der Waals surface area contributed by atoms with E-state index in [1.54, 1.807) is 23.6 Å². The van der Waals surface area contributed by atoms with Crippen molar-refractivity contribution in [1.29, 1.82) is 0 Å². The van der Waals surface area contributed by atoms with Gasteiger partial charge in [-0.1, -0.05) is 65.9 Å². The average Bonchev–Trinajstić information content (AvgIpc) is 3.44. The molecular formula is C30H46N4O6S2. The third kappa shape index (κ3) is 9.60. The van der Waals surface area contributed by atoms with E-state index in [4.69, 9.17) is 4.74 Å². The number of Topliss-reactive ketones (excluding diaryl/α,β-unsaturated/α-hetero) is 1. The Labute approximate surface area is 254 Å². The Kier molecular flexibility index (Phi) is 15.1. The monoisotopic (exact) mass is 622 g/mol. The zero-order valence-electron chi connectivity index (χ0n) is 25.4. The number of carbonyl (C=O) groups is 3. The third-order valence-electron chi connectivity index (χ3n) is 7.15. The Balaban J connectivity index is 0.00000148. The molecule has 0 radical (unpaired) electrons. The molecule has 12 heteroatoms. The topological polar surface area (TPSA) is 135 Å². The van der Waals surface area contributed by atoms with Gasteiger partial charge in [0.15, 0.2) is 10.8 Å². The summed E-state index contributed by atoms with van der Waals surface area (Å²) in [7, 11) is -2.45. The minimum Gasteiger partial charge on any atom is -0.495 e. The number of methoxy groups -OCH3 is 1. The standard InChI is InChI=1S/C26H34N4O6S2.2C2H6/c1-36-22-12-15-37-24(22)26(33)29-20(16-18-8-3-2-4-9-18)25(32)28-19-10-7-14-30(17-21(19)31)38(34,35)23-11-5-6-13-27-23;2*1-2/h5-6,11-13,15,18-20H,2-4,7-10,14,16-17H2,1H3,(H,28,32)(H,29,33);2*1-2H3/t19?,20-;;/m0../s1. The molecule has 1 aliphatic heterocycles. The van der Waals surface area contributed by atoms with Crippen molar-refractivity contribution in [1.82, 2.24) is 19.9 Å². The predicted molar refractivity (Wildman–Crippen MR) is 165 cm³/mol. The van der Waals surface area contributed by atoms with Crippen molar-refractivity contribution in [3.05, 3.63) is 40.7 Å². The van der Waals surface area contributed by atoms with Crippen LogP contribution in [0.4, 0.5) is 0 Å². The zero-order valence-corrected chi connectivity index (χ0v) is 27.1. The molecule has 2 fully saturated rings. The van der Waals surface area contributed by atoms with E-state index >= 15 is 0 Å². The lowest BCUT2D eigenvalue weighted by Gasteiger charge is -2.28. The number of rotatable bonds is 9. The Bertz CT molecular complexity index is 1230. The van der Waals surface area contributed by atoms with E-state index in [1.807, 2.05) is 27.7 Å². The van der Waals surface area contributed by atoms with Crippen molar-refractivity contribution in [2.45, 2.75) is 96.2 Å². The van der Waals surface area contributed by atoms with Crippen LogP contribution in [0.15, 0.2) is 40.9 Å². The van der Waals surface area contributed by atoms with E-state index in [-0.39, 0.29) is 18.1 Å². The number of amides is 2. The van der Waals surface area contributed by atoms with Crippen LogP contribution in [0.2, 0.25) is 0 Å². The van der Waals surface area contributed by atoms with Crippen LogP contribution in [-0.2, 0) is 19.6 Å². The smallest absolute Gasteiger partial charge is 0.265 e. The van der Waals surface area contributed by atoms with Crippen molar-refractivity contribution in [2.75, 3.05) is 20.2 Å². The Morgan fingerprint density at radius 1 is 1.07 bits per heavy atom. The number of thiophene rings is 1. The summed E-state index contributed by atoms with van der Waals surface area (Å²) in [6.07, 6.45) is 7.90. The van der Waals surface area contributed by atoms with E-state index in [0.29, 0.717) is 35.8 Å². The van der Waals surface area contributed by atoms with Crippen LogP contribution in [0.1, 0.15) is 88.7 Å². The van der Waals surface area contributed by atoms with Gasteiger partial charge in [0, 0.05) is 12.7 Å². The summed E-state index contributed by atoms with van der Waals surface area (Å²) in [6, 6.07) is 4.63. The van der Waals surface area contributed by atoms with Gasteiger partial charge in [0.2, 0.25) is 5.91 Å². The van der Waals surface area contributed by atoms with Gasteiger partial charge in [-0.05, 0) is 48.8 Å². The molecule has 2 aromatic heterocycles. The van der Waals surface area contributed by atoms with Crippen LogP contribution in [0.25, 0.3) is 0 Å². The van der Waals surface area contributed by atoms with Gasteiger partial charge in [0.1, 0.15) is 16.7 Å². The van der Waals surface area contributed by atoms with Gasteiger partial charge < -0.3 is 15.4 Å². The molecule has 1 saturated heterocycles. The molecule has 0 aromatic carbocycles. The first-order valence-corrected chi connectivity index (χ1v) is 17.3. The van der Waals surface area contributed by atoms with Gasteiger partial charge >= 0.3 is 0 Å². The highest BCUT2D eigenvalue weighted by Crippen LogP contribution is 2.29. The fourth-order valence-corrected chi connectivity index (χ4v) is 7.23. The molecule has 1 saturated carbocycles. The normalized spacial score (nSPS) is 18.7. The van der Waals surface area contributed by atoms with Crippen LogP contribution in [0, 0.1) is 5.92 Å². The Hall–Kier alpha value is -2.83. The van der Waals surface area contributed by atoms with Crippen LogP contribution < -0.4 is 15.4 Å². The van der Waals surface area contributed by atoms with Crippen LogP contribution in [0.5, 0.6) is 5.75 Å². The van der Waals surface area contributed by atoms with E-state index < -0.39 is 39.7 Å². The van der Waals surface area contributed by atoms with Crippen LogP contribution in [0.3, 0.4) is 0 Å². The van der Waals surface area contributed by atoms with Gasteiger partial charge in [-0.2, -0.15) is 4.31 Å². The van der Waals surface area contributed by atoms with Crippen LogP contribution in [-0.4, -0.2) is 67.6 Å². The molecule has 10 nitrogen and oxygen atoms in total. The van der Waals surface area contributed by atoms with E-state index in [1.165, 1.54) is 37.1 Å². The largest absolute Gasteiger partial charge is 0.495 e. The summed E-state index contributed by atoms with van der Waals surface area (Å²) in [6.45, 7) is 7.80. The molecule has 2 aromatic rings. The van der Waals surface area contributed by atoms with Crippen molar-refractivity contribution in [2.24, 2.45) is 5.92 Å². The minimum atomic E-state index is -3.93. The maximum Gasteiger partial charge on any atom is 0.265 e. The number of nitrogens with one attached hydrogen (secondary N) is 2. The predicted octanol–water partition coefficient (Wildman–Crippen LogP) is 4.81. The SMILES string of the molecule is CC.CC.COc1ccsc1C(=O)N[C@@H](CC1CCCCC1)C(=O)NC1CCCN(S(=O)(=O)c2ccccn2)CC1=O. The maximum absolute atomic E-state index is 13.5. The first kappa shape index (κ1) is 35.4. The number of ether oxygens (including phenoxy) is 1. The lowest BCUT2D eigenvalue weighted by Crippen LogP contribution is -2.53. The lowest BCUT2D eigenvalue weighted by atomic mass is 9.84. The van der Waals surface area contributed by atoms with Gasteiger partial charge in [0.25, 0.3) is 15.9 Å². The highest BCUT2D eigenvalue weighted by atomic mass is 32.2. The first-order chi connectivity index (χ1) is 20.3. The van der Waals surface area contributed by atoms with Gasteiger partial charge in [-0.3, -0.25) is 14.4 Å². The quantitative estimate of drug-likeness (QED) is 0.410. The molecule has 2 N–H and O–H groups in total. The van der Waals surface area contributed by atoms with Crippen molar-refractivity contribution < 1.29 is 27.5 Å². The fourth-order valence-electron chi connectivity index (χ4n) is 5.09. The zero-order chi connectivity index (χ0) is 31.1. The van der Waals surface area contributed by atoms with Gasteiger partial charge in [-0.15, -0.1) is 11.3 Å². The third-order valence-corrected chi connectivity index (χ3v) is 9.81. The molecular weight excluding hydrogens is 576 g/mol. The molecule has 42 heavy (non-hydrogen) atoms. The second kappa shape index (κ2) is 18.0. The molecule has 2 atom stereocenters. The Morgan fingerprint density at radius 3 is 2.43 bits per heavy atom. The fraction of sp³-hybridized carbons (Fsp3) is 0.600. The van der Waals surface area contributed by atoms with Crippen molar-refractivity contribution in [3.63, 3.8) is 0 Å². The summed E-state index contributed by atoms with van der Waals surface area (Å²) in [4.78, 5) is 43.9. The second-order valence-electron chi connectivity index (χ2n) is 9.76. The number of aromatic nitrogens is 1. The number of sulfonamides is 1. The van der Waals surface area contributed by atoms with E-state index in [0.717, 1.165) is 30.0 Å². The summed E-state index contributed by atoms with van der Waals surface area (Å²) >= 11 is 1.23. The molecule has 234 valence electrons. The molecule has 4 rings (SSSR count). The molecule has 1 unspecified atom stereocenters. The first-order valence-electron chi connectivity index (χ1n) is 15.0. The van der Waals surface area contributed by atoms with Crippen molar-refractivity contribution in [3.8, 4) is 5.75 Å². The molecule has 0 spiro atoms. The van der Waals surface area contributed by atoms with E-state index in [2.05, 4.69) is 15.6 Å². The number of ketones is 1. The number of pyridine rings is 1. The average molecular weight is 623 g/mol. The highest BCUT2D eigenvalue weighted by Gasteiger charge is 2.35. The maximum atomic E-state index is 13.5. The van der Waals surface area contributed by atoms with E-state index in [9.17, 15) is 22.8 Å². The second-order valence-corrected chi connectivity index (χ2v) is 12.6. The van der Waals surface area contributed by atoms with Gasteiger partial charge in [0.05, 0.1) is 19.7 Å². The molecule has 0 bridgehead atoms. The summed E-state index contributed by atoms with van der Waals surface area (Å²) in [5, 5.41) is 7.32. The number of hydrogen-bond acceptors (Lipinski definition) is 8. The van der Waals surface area contributed by atoms with Crippen LogP contribution >= 0.6 is 11.3 Å². The summed E-state index contributed by atoms with van der Waals surface area (Å²) < 4.78 is 32.4. The molecule has 1 aliphatic carbocycles. The summed E-state index contributed by atoms with van der Waals surface area (Å²) in [5.74, 6) is -0.476. The number of nitrogens with zero attached hydrogens (tertiary/aromatic N) is 2. The lowest BCUT2D eigenvalue weighted by molar-refractivity contribution is -0.129. The number of carbonyl (C=O) groups excluding carboxylic acids is 3. The molecule has 2 amide bonds. The highest BCUT2D eigenvalue weighted by molar-refractivity contribution is 7.89. The Morgan fingerprint density at radius 2 is 1.79 bits per heavy atom.